The number of rotatable bonds is 8. The summed E-state index contributed by atoms with van der Waals surface area (Å²) in [5.41, 5.74) is 2.12. The fourth-order valence-corrected chi connectivity index (χ4v) is 6.39. The van der Waals surface area contributed by atoms with Gasteiger partial charge in [0, 0.05) is 47.4 Å². The Morgan fingerprint density at radius 3 is 2.53 bits per heavy atom. The molecule has 1 fully saturated rings. The van der Waals surface area contributed by atoms with Crippen LogP contribution in [0.2, 0.25) is 0 Å². The molecule has 0 bridgehead atoms. The van der Waals surface area contributed by atoms with Gasteiger partial charge in [-0.05, 0) is 66.9 Å². The van der Waals surface area contributed by atoms with Crippen LogP contribution in [0.15, 0.2) is 82.8 Å². The van der Waals surface area contributed by atoms with Gasteiger partial charge < -0.3 is 5.32 Å². The van der Waals surface area contributed by atoms with E-state index in [4.69, 9.17) is 0 Å². The van der Waals surface area contributed by atoms with Gasteiger partial charge in [-0.3, -0.25) is 9.78 Å². The SMILES string of the molecule is CN(C1CCCCC1)S(=O)(=O)c1cccc(C(=O)Nc2ccc(SCc3cccnc3)cc2)c1. The van der Waals surface area contributed by atoms with Crippen molar-refractivity contribution in [3.63, 3.8) is 0 Å². The molecule has 1 heterocycles. The summed E-state index contributed by atoms with van der Waals surface area (Å²) in [5, 5.41) is 2.86. The Morgan fingerprint density at radius 1 is 1.06 bits per heavy atom. The van der Waals surface area contributed by atoms with E-state index in [0.717, 1.165) is 48.3 Å². The molecule has 1 aromatic heterocycles. The van der Waals surface area contributed by atoms with E-state index in [0.29, 0.717) is 11.3 Å². The zero-order valence-electron chi connectivity index (χ0n) is 19.2. The summed E-state index contributed by atoms with van der Waals surface area (Å²) in [5.74, 6) is 0.476. The smallest absolute Gasteiger partial charge is 0.255 e. The van der Waals surface area contributed by atoms with Crippen molar-refractivity contribution in [3.8, 4) is 0 Å². The highest BCUT2D eigenvalue weighted by atomic mass is 32.2. The summed E-state index contributed by atoms with van der Waals surface area (Å²) in [6.45, 7) is 0. The highest BCUT2D eigenvalue weighted by molar-refractivity contribution is 7.98. The molecule has 1 saturated carbocycles. The van der Waals surface area contributed by atoms with Gasteiger partial charge in [0.1, 0.15) is 0 Å². The molecule has 0 radical (unpaired) electrons. The first kappa shape index (κ1) is 24.4. The molecule has 1 aliphatic rings. The van der Waals surface area contributed by atoms with Crippen LogP contribution in [-0.4, -0.2) is 36.7 Å². The molecule has 0 aliphatic heterocycles. The first-order valence-electron chi connectivity index (χ1n) is 11.4. The number of pyridine rings is 1. The largest absolute Gasteiger partial charge is 0.322 e. The fourth-order valence-electron chi connectivity index (χ4n) is 4.09. The number of carbonyl (C=O) groups is 1. The average Bonchev–Trinajstić information content (AvgIpc) is 2.89. The molecule has 34 heavy (non-hydrogen) atoms. The van der Waals surface area contributed by atoms with Crippen molar-refractivity contribution in [2.24, 2.45) is 0 Å². The Bertz CT molecular complexity index is 1210. The quantitative estimate of drug-likeness (QED) is 0.413. The van der Waals surface area contributed by atoms with Gasteiger partial charge in [-0.15, -0.1) is 11.8 Å². The number of nitrogens with one attached hydrogen (secondary N) is 1. The fraction of sp³-hybridized carbons (Fsp3) is 0.308. The summed E-state index contributed by atoms with van der Waals surface area (Å²) in [4.78, 5) is 18.2. The van der Waals surface area contributed by atoms with E-state index in [1.54, 1.807) is 43.2 Å². The number of sulfonamides is 1. The minimum atomic E-state index is -3.66. The van der Waals surface area contributed by atoms with Gasteiger partial charge in [-0.1, -0.05) is 31.4 Å². The zero-order chi connectivity index (χ0) is 24.0. The Hall–Kier alpha value is -2.68. The molecule has 1 amide bonds. The normalized spacial score (nSPS) is 14.8. The molecular weight excluding hydrogens is 466 g/mol. The molecule has 178 valence electrons. The summed E-state index contributed by atoms with van der Waals surface area (Å²) < 4.78 is 27.8. The molecule has 6 nitrogen and oxygen atoms in total. The van der Waals surface area contributed by atoms with Crippen molar-refractivity contribution < 1.29 is 13.2 Å². The van der Waals surface area contributed by atoms with Crippen LogP contribution in [0.1, 0.15) is 48.0 Å². The standard InChI is InChI=1S/C26H29N3O3S2/c1-29(23-9-3-2-4-10-23)34(31,32)25-11-5-8-21(17-25)26(30)28-22-12-14-24(15-13-22)33-19-20-7-6-16-27-18-20/h5-8,11-18,23H,2-4,9-10,19H2,1H3,(H,28,30). The van der Waals surface area contributed by atoms with Crippen LogP contribution < -0.4 is 5.32 Å². The summed E-state index contributed by atoms with van der Waals surface area (Å²) in [7, 11) is -2.01. The van der Waals surface area contributed by atoms with Gasteiger partial charge in [-0.25, -0.2) is 8.42 Å². The molecule has 1 aliphatic carbocycles. The van der Waals surface area contributed by atoms with Gasteiger partial charge in [0.05, 0.1) is 4.90 Å². The van der Waals surface area contributed by atoms with E-state index in [-0.39, 0.29) is 16.8 Å². The predicted octanol–water partition coefficient (Wildman–Crippen LogP) is 5.58. The number of hydrogen-bond donors (Lipinski definition) is 1. The lowest BCUT2D eigenvalue weighted by molar-refractivity contribution is 0.102. The molecule has 4 rings (SSSR count). The number of thioether (sulfide) groups is 1. The van der Waals surface area contributed by atoms with Gasteiger partial charge in [0.2, 0.25) is 10.0 Å². The van der Waals surface area contributed by atoms with E-state index >= 15 is 0 Å². The lowest BCUT2D eigenvalue weighted by Crippen LogP contribution is -2.38. The molecule has 0 saturated heterocycles. The Labute approximate surface area is 205 Å². The van der Waals surface area contributed by atoms with Crippen molar-refractivity contribution in [2.75, 3.05) is 12.4 Å². The van der Waals surface area contributed by atoms with Crippen LogP contribution in [0.4, 0.5) is 5.69 Å². The number of benzene rings is 2. The molecule has 1 N–H and O–H groups in total. The first-order valence-corrected chi connectivity index (χ1v) is 13.9. The second kappa shape index (κ2) is 11.2. The molecule has 3 aromatic rings. The maximum Gasteiger partial charge on any atom is 0.255 e. The van der Waals surface area contributed by atoms with Crippen molar-refractivity contribution in [3.05, 3.63) is 84.2 Å². The monoisotopic (exact) mass is 495 g/mol. The van der Waals surface area contributed by atoms with Crippen LogP contribution in [-0.2, 0) is 15.8 Å². The van der Waals surface area contributed by atoms with Crippen molar-refractivity contribution in [1.29, 1.82) is 0 Å². The lowest BCUT2D eigenvalue weighted by Gasteiger charge is -2.30. The Balaban J connectivity index is 1.40. The van der Waals surface area contributed by atoms with Gasteiger partial charge in [0.15, 0.2) is 0 Å². The predicted molar refractivity (Wildman–Crippen MR) is 136 cm³/mol. The minimum Gasteiger partial charge on any atom is -0.322 e. The summed E-state index contributed by atoms with van der Waals surface area (Å²) in [6.07, 6.45) is 8.62. The van der Waals surface area contributed by atoms with Gasteiger partial charge >= 0.3 is 0 Å². The lowest BCUT2D eigenvalue weighted by atomic mass is 9.96. The van der Waals surface area contributed by atoms with Crippen LogP contribution in [0.3, 0.4) is 0 Å². The van der Waals surface area contributed by atoms with Crippen LogP contribution in [0.5, 0.6) is 0 Å². The topological polar surface area (TPSA) is 79.4 Å². The number of hydrogen-bond acceptors (Lipinski definition) is 5. The zero-order valence-corrected chi connectivity index (χ0v) is 20.8. The van der Waals surface area contributed by atoms with Crippen LogP contribution in [0.25, 0.3) is 0 Å². The third kappa shape index (κ3) is 6.05. The van der Waals surface area contributed by atoms with E-state index in [9.17, 15) is 13.2 Å². The molecule has 0 atom stereocenters. The van der Waals surface area contributed by atoms with E-state index in [1.807, 2.05) is 42.6 Å². The first-order chi connectivity index (χ1) is 16.4. The highest BCUT2D eigenvalue weighted by Gasteiger charge is 2.29. The van der Waals surface area contributed by atoms with Crippen molar-refractivity contribution in [1.82, 2.24) is 9.29 Å². The molecule has 0 unspecified atom stereocenters. The number of anilines is 1. The number of nitrogens with zero attached hydrogens (tertiary/aromatic N) is 2. The highest BCUT2D eigenvalue weighted by Crippen LogP contribution is 2.27. The summed E-state index contributed by atoms with van der Waals surface area (Å²) >= 11 is 1.69. The maximum atomic E-state index is 13.2. The molecule has 0 spiro atoms. The number of carbonyl (C=O) groups excluding carboxylic acids is 1. The van der Waals surface area contributed by atoms with E-state index in [1.165, 1.54) is 10.4 Å². The average molecular weight is 496 g/mol. The van der Waals surface area contributed by atoms with Crippen LogP contribution in [0, 0.1) is 0 Å². The third-order valence-corrected chi connectivity index (χ3v) is 9.09. The van der Waals surface area contributed by atoms with Crippen LogP contribution >= 0.6 is 11.8 Å². The third-order valence-electron chi connectivity index (χ3n) is 6.10. The van der Waals surface area contributed by atoms with Crippen molar-refractivity contribution >= 4 is 33.4 Å². The Morgan fingerprint density at radius 2 is 1.82 bits per heavy atom. The number of amides is 1. The second-order valence-corrected chi connectivity index (χ2v) is 11.5. The minimum absolute atomic E-state index is 0.0192. The van der Waals surface area contributed by atoms with E-state index in [2.05, 4.69) is 10.3 Å². The van der Waals surface area contributed by atoms with Gasteiger partial charge in [0.25, 0.3) is 5.91 Å². The summed E-state index contributed by atoms with van der Waals surface area (Å²) in [6, 6.07) is 17.8. The molecule has 8 heteroatoms. The molecule has 2 aromatic carbocycles. The maximum absolute atomic E-state index is 13.2. The van der Waals surface area contributed by atoms with E-state index < -0.39 is 10.0 Å². The second-order valence-electron chi connectivity index (χ2n) is 8.47. The van der Waals surface area contributed by atoms with Gasteiger partial charge in [-0.2, -0.15) is 4.31 Å². The Kier molecular flexibility index (Phi) is 8.03. The number of aromatic nitrogens is 1. The molecular formula is C26H29N3O3S2. The van der Waals surface area contributed by atoms with Crippen molar-refractivity contribution in [2.45, 2.75) is 53.7 Å².